The number of anilines is 1. The molecule has 1 aromatic heterocycles. The number of esters is 1. The van der Waals surface area contributed by atoms with E-state index in [1.54, 1.807) is 6.92 Å². The van der Waals surface area contributed by atoms with E-state index in [9.17, 15) is 14.0 Å². The summed E-state index contributed by atoms with van der Waals surface area (Å²) < 4.78 is 24.7. The normalized spacial score (nSPS) is 10.3. The molecule has 0 saturated heterocycles. The number of nitrogens with one attached hydrogen (secondary N) is 1. The summed E-state index contributed by atoms with van der Waals surface area (Å²) in [4.78, 5) is 23.4. The Morgan fingerprint density at radius 1 is 1.39 bits per heavy atom. The number of rotatable bonds is 5. The number of amides is 1. The van der Waals surface area contributed by atoms with Crippen LogP contribution in [-0.2, 0) is 9.53 Å². The first-order valence-electron chi connectivity index (χ1n) is 6.84. The Labute approximate surface area is 132 Å². The molecule has 0 aliphatic carbocycles. The molecule has 1 amide bonds. The Bertz CT molecular complexity index is 742. The van der Waals surface area contributed by atoms with Crippen molar-refractivity contribution in [3.8, 4) is 11.4 Å². The van der Waals surface area contributed by atoms with Crippen molar-refractivity contribution in [2.75, 3.05) is 19.0 Å². The van der Waals surface area contributed by atoms with Gasteiger partial charge in [0.1, 0.15) is 22.8 Å². The molecular formula is C15H16FN3O4. The van der Waals surface area contributed by atoms with Crippen LogP contribution >= 0.6 is 0 Å². The predicted molar refractivity (Wildman–Crippen MR) is 80.3 cm³/mol. The van der Waals surface area contributed by atoms with Crippen LogP contribution in [0.15, 0.2) is 24.4 Å². The van der Waals surface area contributed by atoms with Gasteiger partial charge in [0, 0.05) is 13.0 Å². The van der Waals surface area contributed by atoms with E-state index in [2.05, 4.69) is 10.4 Å². The summed E-state index contributed by atoms with van der Waals surface area (Å²) in [6.07, 6.45) is 1.27. The van der Waals surface area contributed by atoms with Gasteiger partial charge >= 0.3 is 5.97 Å². The van der Waals surface area contributed by atoms with Crippen molar-refractivity contribution in [3.63, 3.8) is 0 Å². The van der Waals surface area contributed by atoms with Crippen LogP contribution < -0.4 is 10.1 Å². The number of aromatic nitrogens is 2. The van der Waals surface area contributed by atoms with Crippen LogP contribution in [0.1, 0.15) is 24.2 Å². The van der Waals surface area contributed by atoms with Crippen molar-refractivity contribution >= 4 is 17.7 Å². The van der Waals surface area contributed by atoms with Gasteiger partial charge in [-0.1, -0.05) is 0 Å². The molecule has 0 spiro atoms. The molecule has 2 aromatic rings. The number of halogens is 1. The van der Waals surface area contributed by atoms with E-state index in [-0.39, 0.29) is 23.7 Å². The highest BCUT2D eigenvalue weighted by Crippen LogP contribution is 2.28. The summed E-state index contributed by atoms with van der Waals surface area (Å²) in [5.74, 6) is -1.16. The zero-order valence-corrected chi connectivity index (χ0v) is 12.9. The molecule has 1 aromatic carbocycles. The van der Waals surface area contributed by atoms with Crippen molar-refractivity contribution in [2.24, 2.45) is 0 Å². The highest BCUT2D eigenvalue weighted by molar-refractivity contribution is 6.00. The zero-order chi connectivity index (χ0) is 17.0. The smallest absolute Gasteiger partial charge is 0.343 e. The van der Waals surface area contributed by atoms with Gasteiger partial charge in [-0.15, -0.1) is 0 Å². The van der Waals surface area contributed by atoms with Crippen molar-refractivity contribution < 1.29 is 23.5 Å². The van der Waals surface area contributed by atoms with Crippen LogP contribution in [0, 0.1) is 5.82 Å². The minimum atomic E-state index is -0.622. The fraction of sp³-hybridized carbons (Fsp3) is 0.267. The average Bonchev–Trinajstić information content (AvgIpc) is 2.90. The van der Waals surface area contributed by atoms with Gasteiger partial charge in [0.15, 0.2) is 5.82 Å². The fourth-order valence-electron chi connectivity index (χ4n) is 2.00. The fourth-order valence-corrected chi connectivity index (χ4v) is 2.00. The lowest BCUT2D eigenvalue weighted by Gasteiger charge is -2.12. The largest absolute Gasteiger partial charge is 0.494 e. The molecule has 122 valence electrons. The molecule has 0 radical (unpaired) electrons. The SMILES string of the molecule is CCOC(=O)c1cnn(-c2ccc(F)cc2OC)c1NC(C)=O. The first kappa shape index (κ1) is 16.5. The van der Waals surface area contributed by atoms with Crippen LogP contribution in [0.4, 0.5) is 10.2 Å². The summed E-state index contributed by atoms with van der Waals surface area (Å²) in [5.41, 5.74) is 0.460. The number of carbonyl (C=O) groups excluding carboxylic acids is 2. The van der Waals surface area contributed by atoms with Gasteiger partial charge in [-0.2, -0.15) is 5.10 Å². The Morgan fingerprint density at radius 2 is 2.13 bits per heavy atom. The minimum Gasteiger partial charge on any atom is -0.494 e. The van der Waals surface area contributed by atoms with Gasteiger partial charge in [0.25, 0.3) is 0 Å². The number of ether oxygens (including phenoxy) is 2. The van der Waals surface area contributed by atoms with E-state index in [4.69, 9.17) is 9.47 Å². The molecule has 1 heterocycles. The second-order valence-electron chi connectivity index (χ2n) is 4.54. The lowest BCUT2D eigenvalue weighted by atomic mass is 10.2. The van der Waals surface area contributed by atoms with Crippen LogP contribution in [0.25, 0.3) is 5.69 Å². The molecule has 8 heteroatoms. The monoisotopic (exact) mass is 321 g/mol. The third-order valence-electron chi connectivity index (χ3n) is 2.93. The summed E-state index contributed by atoms with van der Waals surface area (Å²) in [5, 5.41) is 6.62. The first-order chi connectivity index (χ1) is 11.0. The summed E-state index contributed by atoms with van der Waals surface area (Å²) >= 11 is 0. The van der Waals surface area contributed by atoms with Gasteiger partial charge in [-0.05, 0) is 19.1 Å². The van der Waals surface area contributed by atoms with Crippen LogP contribution in [-0.4, -0.2) is 35.4 Å². The van der Waals surface area contributed by atoms with Crippen molar-refractivity contribution in [2.45, 2.75) is 13.8 Å². The molecule has 2 rings (SSSR count). The van der Waals surface area contributed by atoms with E-state index in [1.165, 1.54) is 43.1 Å². The Balaban J connectivity index is 2.58. The van der Waals surface area contributed by atoms with E-state index in [1.807, 2.05) is 0 Å². The van der Waals surface area contributed by atoms with Crippen molar-refractivity contribution in [1.29, 1.82) is 0 Å². The topological polar surface area (TPSA) is 82.4 Å². The Morgan fingerprint density at radius 3 is 2.74 bits per heavy atom. The van der Waals surface area contributed by atoms with Crippen molar-refractivity contribution in [1.82, 2.24) is 9.78 Å². The molecule has 0 atom stereocenters. The number of hydrogen-bond acceptors (Lipinski definition) is 5. The molecule has 1 N–H and O–H groups in total. The first-order valence-corrected chi connectivity index (χ1v) is 6.84. The lowest BCUT2D eigenvalue weighted by Crippen LogP contribution is -2.15. The number of hydrogen-bond donors (Lipinski definition) is 1. The summed E-state index contributed by atoms with van der Waals surface area (Å²) in [6, 6.07) is 3.83. The molecule has 23 heavy (non-hydrogen) atoms. The molecule has 0 unspecified atom stereocenters. The minimum absolute atomic E-state index is 0.0911. The third-order valence-corrected chi connectivity index (χ3v) is 2.93. The van der Waals surface area contributed by atoms with Gasteiger partial charge in [0.2, 0.25) is 5.91 Å². The number of methoxy groups -OCH3 is 1. The highest BCUT2D eigenvalue weighted by atomic mass is 19.1. The standard InChI is InChI=1S/C15H16FN3O4/c1-4-23-15(21)11-8-17-19(14(11)18-9(2)20)12-6-5-10(16)7-13(12)22-3/h5-8H,4H2,1-3H3,(H,18,20). The summed E-state index contributed by atoms with van der Waals surface area (Å²) in [7, 11) is 1.38. The second kappa shape index (κ2) is 6.91. The number of nitrogens with zero attached hydrogens (tertiary/aromatic N) is 2. The maximum Gasteiger partial charge on any atom is 0.343 e. The van der Waals surface area contributed by atoms with Crippen LogP contribution in [0.2, 0.25) is 0 Å². The summed E-state index contributed by atoms with van der Waals surface area (Å²) in [6.45, 7) is 3.15. The number of benzene rings is 1. The quantitative estimate of drug-likeness (QED) is 0.853. The zero-order valence-electron chi connectivity index (χ0n) is 12.9. The van der Waals surface area contributed by atoms with Crippen molar-refractivity contribution in [3.05, 3.63) is 35.8 Å². The maximum atomic E-state index is 13.3. The van der Waals surface area contributed by atoms with Gasteiger partial charge < -0.3 is 14.8 Å². The van der Waals surface area contributed by atoms with E-state index >= 15 is 0 Å². The molecule has 7 nitrogen and oxygen atoms in total. The average molecular weight is 321 g/mol. The van der Waals surface area contributed by atoms with Gasteiger partial charge in [0.05, 0.1) is 19.9 Å². The Hall–Kier alpha value is -2.90. The highest BCUT2D eigenvalue weighted by Gasteiger charge is 2.22. The predicted octanol–water partition coefficient (Wildman–Crippen LogP) is 2.16. The maximum absolute atomic E-state index is 13.3. The van der Waals surface area contributed by atoms with E-state index in [0.29, 0.717) is 5.69 Å². The second-order valence-corrected chi connectivity index (χ2v) is 4.54. The van der Waals surface area contributed by atoms with E-state index in [0.717, 1.165) is 0 Å². The molecule has 0 saturated carbocycles. The molecule has 0 bridgehead atoms. The van der Waals surface area contributed by atoms with Gasteiger partial charge in [-0.3, -0.25) is 4.79 Å². The Kier molecular flexibility index (Phi) is 4.95. The van der Waals surface area contributed by atoms with Crippen LogP contribution in [0.5, 0.6) is 5.75 Å². The van der Waals surface area contributed by atoms with Crippen LogP contribution in [0.3, 0.4) is 0 Å². The van der Waals surface area contributed by atoms with Gasteiger partial charge in [-0.25, -0.2) is 13.9 Å². The lowest BCUT2D eigenvalue weighted by molar-refractivity contribution is -0.114. The number of carbonyl (C=O) groups is 2. The molecule has 0 fully saturated rings. The molecular weight excluding hydrogens is 305 g/mol. The molecule has 0 aliphatic rings. The third kappa shape index (κ3) is 3.47. The van der Waals surface area contributed by atoms with E-state index < -0.39 is 17.7 Å². The molecule has 0 aliphatic heterocycles.